The molecule has 1 aromatic heterocycles. The molecule has 0 atom stereocenters. The zero-order chi connectivity index (χ0) is 21.9. The Morgan fingerprint density at radius 1 is 1.13 bits per heavy atom. The van der Waals surface area contributed by atoms with Gasteiger partial charge in [-0.15, -0.1) is 6.58 Å². The molecule has 3 rings (SSSR count). The summed E-state index contributed by atoms with van der Waals surface area (Å²) >= 11 is 1.47. The minimum absolute atomic E-state index is 0.0747. The third-order valence-corrected chi connectivity index (χ3v) is 7.88. The van der Waals surface area contributed by atoms with Gasteiger partial charge in [0.05, 0.1) is 20.9 Å². The Morgan fingerprint density at radius 2 is 1.83 bits per heavy atom. The van der Waals surface area contributed by atoms with E-state index >= 15 is 0 Å². The molecule has 0 bridgehead atoms. The fourth-order valence-electron chi connectivity index (χ4n) is 3.34. The van der Waals surface area contributed by atoms with Crippen LogP contribution in [-0.4, -0.2) is 24.6 Å². The lowest BCUT2D eigenvalue weighted by Gasteiger charge is -2.04. The minimum atomic E-state index is -3.40. The highest BCUT2D eigenvalue weighted by molar-refractivity contribution is 7.91. The van der Waals surface area contributed by atoms with Gasteiger partial charge in [0.15, 0.2) is 14.6 Å². The van der Waals surface area contributed by atoms with Crippen LogP contribution in [0.4, 0.5) is 0 Å². The number of aromatic nitrogens is 1. The van der Waals surface area contributed by atoms with Gasteiger partial charge in [0.1, 0.15) is 0 Å². The maximum Gasteiger partial charge on any atom is 0.248 e. The van der Waals surface area contributed by atoms with Gasteiger partial charge in [-0.2, -0.15) is 4.99 Å². The highest BCUT2D eigenvalue weighted by atomic mass is 32.2. The summed E-state index contributed by atoms with van der Waals surface area (Å²) in [6, 6.07) is 11.0. The van der Waals surface area contributed by atoms with Crippen LogP contribution in [0, 0.1) is 20.8 Å². The molecule has 0 saturated carbocycles. The zero-order valence-corrected chi connectivity index (χ0v) is 19.1. The molecule has 0 N–H and O–H groups in total. The maximum atomic E-state index is 12.5. The van der Waals surface area contributed by atoms with Crippen LogP contribution < -0.4 is 4.80 Å². The number of rotatable bonds is 7. The normalized spacial score (nSPS) is 12.4. The summed E-state index contributed by atoms with van der Waals surface area (Å²) in [5.74, 6) is -0.387. The topological polar surface area (TPSA) is 68.5 Å². The summed E-state index contributed by atoms with van der Waals surface area (Å²) in [6.07, 6.45) is 2.11. The van der Waals surface area contributed by atoms with E-state index in [1.165, 1.54) is 11.3 Å². The molecule has 30 heavy (non-hydrogen) atoms. The van der Waals surface area contributed by atoms with Crippen molar-refractivity contribution in [3.63, 3.8) is 0 Å². The molecule has 0 spiro atoms. The summed E-state index contributed by atoms with van der Waals surface area (Å²) in [5.41, 5.74) is 4.33. The molecule has 0 saturated heterocycles. The molecule has 0 radical (unpaired) electrons. The Kier molecular flexibility index (Phi) is 6.73. The molecule has 5 nitrogen and oxygen atoms in total. The Morgan fingerprint density at radius 3 is 2.50 bits per heavy atom. The summed E-state index contributed by atoms with van der Waals surface area (Å²) in [4.78, 5) is 17.7. The second kappa shape index (κ2) is 9.10. The lowest BCUT2D eigenvalue weighted by molar-refractivity contribution is -0.118. The van der Waals surface area contributed by atoms with Crippen LogP contribution in [0.25, 0.3) is 10.2 Å². The summed E-state index contributed by atoms with van der Waals surface area (Å²) in [7, 11) is -3.40. The van der Waals surface area contributed by atoms with Crippen LogP contribution in [0.2, 0.25) is 0 Å². The number of carbonyl (C=O) groups is 1. The molecular weight excluding hydrogens is 416 g/mol. The number of amides is 1. The van der Waals surface area contributed by atoms with E-state index in [1.807, 2.05) is 25.3 Å². The van der Waals surface area contributed by atoms with Gasteiger partial charge in [0.25, 0.3) is 0 Å². The Hall–Kier alpha value is -2.51. The van der Waals surface area contributed by atoms with Gasteiger partial charge in [0, 0.05) is 13.0 Å². The van der Waals surface area contributed by atoms with Gasteiger partial charge in [-0.25, -0.2) is 8.42 Å². The molecule has 1 heterocycles. The highest BCUT2D eigenvalue weighted by Crippen LogP contribution is 2.23. The van der Waals surface area contributed by atoms with Gasteiger partial charge in [-0.3, -0.25) is 4.79 Å². The molecule has 3 aromatic rings. The van der Waals surface area contributed by atoms with Gasteiger partial charge < -0.3 is 4.57 Å². The monoisotopic (exact) mass is 442 g/mol. The van der Waals surface area contributed by atoms with E-state index in [-0.39, 0.29) is 29.4 Å². The van der Waals surface area contributed by atoms with Crippen molar-refractivity contribution in [1.82, 2.24) is 4.57 Å². The van der Waals surface area contributed by atoms with Crippen LogP contribution >= 0.6 is 11.3 Å². The largest absolute Gasteiger partial charge is 0.312 e. The lowest BCUT2D eigenvalue weighted by atomic mass is 10.1. The second-order valence-electron chi connectivity index (χ2n) is 7.46. The van der Waals surface area contributed by atoms with E-state index in [0.717, 1.165) is 26.9 Å². The van der Waals surface area contributed by atoms with E-state index in [4.69, 9.17) is 0 Å². The van der Waals surface area contributed by atoms with E-state index in [0.29, 0.717) is 11.3 Å². The fourth-order valence-corrected chi connectivity index (χ4v) is 5.76. The maximum absolute atomic E-state index is 12.5. The minimum Gasteiger partial charge on any atom is -0.312 e. The molecule has 1 amide bonds. The first-order valence-electron chi connectivity index (χ1n) is 9.80. The average molecular weight is 443 g/mol. The Bertz CT molecular complexity index is 1260. The Balaban J connectivity index is 1.79. The van der Waals surface area contributed by atoms with Gasteiger partial charge in [0.2, 0.25) is 5.91 Å². The zero-order valence-electron chi connectivity index (χ0n) is 17.5. The molecule has 7 heteroatoms. The molecule has 0 aliphatic heterocycles. The van der Waals surface area contributed by atoms with E-state index in [2.05, 4.69) is 23.7 Å². The van der Waals surface area contributed by atoms with Crippen molar-refractivity contribution < 1.29 is 13.2 Å². The number of hydrogen-bond donors (Lipinski definition) is 0. The van der Waals surface area contributed by atoms with Crippen LogP contribution in [0.1, 0.15) is 29.5 Å². The molecule has 0 aliphatic carbocycles. The smallest absolute Gasteiger partial charge is 0.248 e. The second-order valence-corrected chi connectivity index (χ2v) is 10.5. The number of sulfone groups is 1. The van der Waals surface area contributed by atoms with E-state index in [1.54, 1.807) is 30.3 Å². The first kappa shape index (κ1) is 22.2. The van der Waals surface area contributed by atoms with Crippen molar-refractivity contribution in [2.75, 3.05) is 5.75 Å². The van der Waals surface area contributed by atoms with E-state index in [9.17, 15) is 13.2 Å². The predicted octanol–water partition coefficient (Wildman–Crippen LogP) is 4.50. The number of allylic oxidation sites excluding steroid dienone is 1. The third kappa shape index (κ3) is 4.96. The summed E-state index contributed by atoms with van der Waals surface area (Å²) in [6.45, 7) is 10.4. The van der Waals surface area contributed by atoms with Crippen LogP contribution in [0.3, 0.4) is 0 Å². The number of hydrogen-bond acceptors (Lipinski definition) is 4. The summed E-state index contributed by atoms with van der Waals surface area (Å²) < 4.78 is 28.0. The molecule has 0 unspecified atom stereocenters. The number of aryl methyl sites for hydroxylation is 3. The van der Waals surface area contributed by atoms with Crippen LogP contribution in [0.5, 0.6) is 0 Å². The van der Waals surface area contributed by atoms with Crippen molar-refractivity contribution in [3.05, 3.63) is 70.5 Å². The van der Waals surface area contributed by atoms with Crippen molar-refractivity contribution in [3.8, 4) is 0 Å². The van der Waals surface area contributed by atoms with Crippen molar-refractivity contribution in [2.45, 2.75) is 45.1 Å². The predicted molar refractivity (Wildman–Crippen MR) is 123 cm³/mol. The fraction of sp³-hybridized carbons (Fsp3) is 0.304. The third-order valence-electron chi connectivity index (χ3n) is 4.83. The standard InChI is InChI=1S/C23H26N2O3S2/c1-5-12-25-20-15-17(3)14-18(4)22(20)29-23(25)24-21(26)7-6-13-30(27,28)19-10-8-16(2)9-11-19/h5,8-11,14-15H,1,6-7,12-13H2,2-4H3. The molecule has 2 aromatic carbocycles. The molecule has 0 aliphatic rings. The Labute approximate surface area is 181 Å². The number of carbonyl (C=O) groups excluding carboxylic acids is 1. The lowest BCUT2D eigenvalue weighted by Crippen LogP contribution is -2.16. The van der Waals surface area contributed by atoms with Gasteiger partial charge in [-0.05, 0) is 56.5 Å². The van der Waals surface area contributed by atoms with Gasteiger partial charge >= 0.3 is 0 Å². The number of fused-ring (bicyclic) bond motifs is 1. The number of thiazole rings is 1. The van der Waals surface area contributed by atoms with Crippen molar-refractivity contribution in [1.29, 1.82) is 0 Å². The average Bonchev–Trinajstić information content (AvgIpc) is 3.00. The quantitative estimate of drug-likeness (QED) is 0.506. The van der Waals surface area contributed by atoms with Crippen molar-refractivity contribution in [2.24, 2.45) is 4.99 Å². The molecule has 0 fully saturated rings. The highest BCUT2D eigenvalue weighted by Gasteiger charge is 2.15. The number of benzene rings is 2. The SMILES string of the molecule is C=CCn1c(=NC(=O)CCCS(=O)(=O)c2ccc(C)cc2)sc2c(C)cc(C)cc21. The molecular formula is C23H26N2O3S2. The summed E-state index contributed by atoms with van der Waals surface area (Å²) in [5, 5.41) is 0. The van der Waals surface area contributed by atoms with Crippen LogP contribution in [0.15, 0.2) is 58.9 Å². The van der Waals surface area contributed by atoms with Gasteiger partial charge in [-0.1, -0.05) is 41.2 Å². The molecule has 158 valence electrons. The first-order valence-corrected chi connectivity index (χ1v) is 12.3. The van der Waals surface area contributed by atoms with E-state index < -0.39 is 9.84 Å². The first-order chi connectivity index (χ1) is 14.2. The van der Waals surface area contributed by atoms with Crippen molar-refractivity contribution >= 4 is 37.3 Å². The number of nitrogens with zero attached hydrogens (tertiary/aromatic N) is 2. The van der Waals surface area contributed by atoms with Crippen LogP contribution in [-0.2, 0) is 21.2 Å².